The zero-order valence-corrected chi connectivity index (χ0v) is 9.24. The maximum atomic E-state index is 12.4. The van der Waals surface area contributed by atoms with Gasteiger partial charge in [-0.1, -0.05) is 32.1 Å². The quantitative estimate of drug-likeness (QED) is 0.402. The molecule has 0 saturated carbocycles. The molecule has 0 radical (unpaired) electrons. The monoisotopic (exact) mass is 213 g/mol. The maximum absolute atomic E-state index is 12.4. The highest BCUT2D eigenvalue weighted by molar-refractivity contribution is 5.30. The van der Waals surface area contributed by atoms with Crippen molar-refractivity contribution in [2.45, 2.75) is 20.8 Å². The van der Waals surface area contributed by atoms with Gasteiger partial charge in [-0.25, -0.2) is 0 Å². The zero-order chi connectivity index (χ0) is 12.3. The average Bonchev–Trinajstić information content (AvgIpc) is 2.22. The van der Waals surface area contributed by atoms with Crippen LogP contribution in [0.25, 0.3) is 0 Å². The minimum atomic E-state index is -0.799. The van der Waals surface area contributed by atoms with Crippen LogP contribution in [-0.4, -0.2) is 4.92 Å². The number of benzene rings is 1. The molecule has 1 aromatic carbocycles. The first-order valence-corrected chi connectivity index (χ1v) is 4.59. The summed E-state index contributed by atoms with van der Waals surface area (Å²) in [4.78, 5) is 9.23. The predicted octanol–water partition coefficient (Wildman–Crippen LogP) is 3.95. The molecule has 0 aromatic heterocycles. The van der Waals surface area contributed by atoms with E-state index in [1.165, 1.54) is 12.1 Å². The molecule has 0 bridgehead atoms. The lowest BCUT2D eigenvalue weighted by Crippen LogP contribution is -1.90. The van der Waals surface area contributed by atoms with E-state index in [1.54, 1.807) is 6.08 Å². The van der Waals surface area contributed by atoms with Crippen LogP contribution in [0, 0.1) is 15.9 Å². The van der Waals surface area contributed by atoms with Crippen molar-refractivity contribution in [3.05, 3.63) is 52.9 Å². The Morgan fingerprint density at radius 3 is 2.07 bits per heavy atom. The fourth-order valence-corrected chi connectivity index (χ4v) is 0.600. The number of rotatable bonds is 1. The molecule has 0 atom stereocenters. The maximum Gasteiger partial charge on any atom is 0.304 e. The molecule has 0 spiro atoms. The molecule has 0 saturated heterocycles. The first kappa shape index (κ1) is 15.7. The molecule has 0 aliphatic rings. The van der Waals surface area contributed by atoms with Crippen molar-refractivity contribution < 1.29 is 9.31 Å². The van der Waals surface area contributed by atoms with E-state index in [4.69, 9.17) is 0 Å². The number of halogens is 1. The van der Waals surface area contributed by atoms with Crippen molar-refractivity contribution in [1.82, 2.24) is 0 Å². The van der Waals surface area contributed by atoms with Crippen LogP contribution >= 0.6 is 0 Å². The highest BCUT2D eigenvalue weighted by atomic mass is 19.1. The van der Waals surface area contributed by atoms with Crippen LogP contribution in [0.5, 0.6) is 0 Å². The lowest BCUT2D eigenvalue weighted by atomic mass is 10.3. The minimum Gasteiger partial charge on any atom is -0.258 e. The first-order valence-electron chi connectivity index (χ1n) is 4.59. The van der Waals surface area contributed by atoms with Crippen molar-refractivity contribution in [2.24, 2.45) is 0 Å². The lowest BCUT2D eigenvalue weighted by molar-refractivity contribution is -0.387. The normalized spacial score (nSPS) is 7.47. The molecule has 4 heteroatoms. The molecular formula is C11H16FNO2. The molecule has 3 nitrogen and oxygen atoms in total. The number of nitrogens with zero attached hydrogens (tertiary/aromatic N) is 1. The second-order valence-corrected chi connectivity index (χ2v) is 2.12. The van der Waals surface area contributed by atoms with E-state index < -0.39 is 16.4 Å². The largest absolute Gasteiger partial charge is 0.304 e. The fourth-order valence-electron chi connectivity index (χ4n) is 0.600. The number of para-hydroxylation sites is 1. The summed E-state index contributed by atoms with van der Waals surface area (Å²) in [7, 11) is 0. The minimum absolute atomic E-state index is 0.484. The second-order valence-electron chi connectivity index (χ2n) is 2.12. The third kappa shape index (κ3) is 7.37. The highest BCUT2D eigenvalue weighted by Crippen LogP contribution is 2.14. The molecule has 0 amide bonds. The summed E-state index contributed by atoms with van der Waals surface area (Å²) in [6.45, 7) is 9.25. The van der Waals surface area contributed by atoms with E-state index in [2.05, 4.69) is 6.58 Å². The fraction of sp³-hybridized carbons (Fsp3) is 0.273. The van der Waals surface area contributed by atoms with E-state index in [0.717, 1.165) is 12.1 Å². The molecule has 0 heterocycles. The van der Waals surface area contributed by atoms with Gasteiger partial charge in [-0.05, 0) is 13.0 Å². The number of nitro groups is 1. The van der Waals surface area contributed by atoms with Crippen LogP contribution in [-0.2, 0) is 0 Å². The van der Waals surface area contributed by atoms with Gasteiger partial charge in [-0.3, -0.25) is 10.1 Å². The summed E-state index contributed by atoms with van der Waals surface area (Å²) >= 11 is 0. The smallest absolute Gasteiger partial charge is 0.258 e. The van der Waals surface area contributed by atoms with E-state index in [-0.39, 0.29) is 0 Å². The number of hydrogen-bond acceptors (Lipinski definition) is 2. The van der Waals surface area contributed by atoms with Gasteiger partial charge < -0.3 is 0 Å². The third-order valence-electron chi connectivity index (χ3n) is 1.05. The summed E-state index contributed by atoms with van der Waals surface area (Å²) in [6.07, 6.45) is 1.75. The van der Waals surface area contributed by atoms with E-state index in [1.807, 2.05) is 20.8 Å². The van der Waals surface area contributed by atoms with Gasteiger partial charge in [0.25, 0.3) is 0 Å². The van der Waals surface area contributed by atoms with E-state index >= 15 is 0 Å². The van der Waals surface area contributed by atoms with Gasteiger partial charge in [0.15, 0.2) is 0 Å². The molecule has 0 aliphatic carbocycles. The Bertz CT molecular complexity index is 300. The van der Waals surface area contributed by atoms with E-state index in [9.17, 15) is 14.5 Å². The Kier molecular flexibility index (Phi) is 10.9. The standard InChI is InChI=1S/C6H4FNO2.C3H6.C2H6/c7-5-3-1-2-4-6(5)8(9)10;1-3-2;1-2/h1-4H;3H,1H2,2H3;1-2H3. The van der Waals surface area contributed by atoms with Crippen molar-refractivity contribution in [3.63, 3.8) is 0 Å². The predicted molar refractivity (Wildman–Crippen MR) is 60.3 cm³/mol. The van der Waals surface area contributed by atoms with Crippen molar-refractivity contribution >= 4 is 5.69 Å². The van der Waals surface area contributed by atoms with Crippen LogP contribution in [0.4, 0.5) is 10.1 Å². The zero-order valence-electron chi connectivity index (χ0n) is 9.24. The summed E-state index contributed by atoms with van der Waals surface area (Å²) in [6, 6.07) is 5.00. The van der Waals surface area contributed by atoms with Gasteiger partial charge in [0.1, 0.15) is 0 Å². The van der Waals surface area contributed by atoms with Gasteiger partial charge in [0, 0.05) is 6.07 Å². The molecule has 84 valence electrons. The topological polar surface area (TPSA) is 43.1 Å². The van der Waals surface area contributed by atoms with Crippen molar-refractivity contribution in [2.75, 3.05) is 0 Å². The summed E-state index contributed by atoms with van der Waals surface area (Å²) < 4.78 is 12.4. The molecule has 0 N–H and O–H groups in total. The van der Waals surface area contributed by atoms with Gasteiger partial charge in [-0.2, -0.15) is 4.39 Å². The Hall–Kier alpha value is -1.71. The SMILES string of the molecule is C=CC.CC.O=[N+]([O-])c1ccccc1F. The lowest BCUT2D eigenvalue weighted by Gasteiger charge is -1.89. The molecule has 1 aromatic rings. The molecule has 1 rings (SSSR count). The van der Waals surface area contributed by atoms with Crippen LogP contribution in [0.15, 0.2) is 36.9 Å². The van der Waals surface area contributed by atoms with Crippen LogP contribution in [0.2, 0.25) is 0 Å². The number of hydrogen-bond donors (Lipinski definition) is 0. The highest BCUT2D eigenvalue weighted by Gasteiger charge is 2.09. The van der Waals surface area contributed by atoms with Crippen molar-refractivity contribution in [1.29, 1.82) is 0 Å². The Morgan fingerprint density at radius 2 is 1.80 bits per heavy atom. The molecule has 0 aliphatic heterocycles. The Morgan fingerprint density at radius 1 is 1.40 bits per heavy atom. The van der Waals surface area contributed by atoms with Gasteiger partial charge >= 0.3 is 5.69 Å². The van der Waals surface area contributed by atoms with E-state index in [0.29, 0.717) is 0 Å². The molecule has 0 unspecified atom stereocenters. The van der Waals surface area contributed by atoms with Crippen LogP contribution < -0.4 is 0 Å². The van der Waals surface area contributed by atoms with Crippen LogP contribution in [0.1, 0.15) is 20.8 Å². The number of nitro benzene ring substituents is 1. The van der Waals surface area contributed by atoms with Gasteiger partial charge in [-0.15, -0.1) is 6.58 Å². The Balaban J connectivity index is 0. The number of allylic oxidation sites excluding steroid dienone is 1. The Labute approximate surface area is 89.4 Å². The van der Waals surface area contributed by atoms with Crippen LogP contribution in [0.3, 0.4) is 0 Å². The third-order valence-corrected chi connectivity index (χ3v) is 1.05. The summed E-state index contributed by atoms with van der Waals surface area (Å²) in [5.41, 5.74) is -0.484. The summed E-state index contributed by atoms with van der Waals surface area (Å²) in [5, 5.41) is 9.99. The summed E-state index contributed by atoms with van der Waals surface area (Å²) in [5.74, 6) is -0.799. The molecular weight excluding hydrogens is 197 g/mol. The molecule has 15 heavy (non-hydrogen) atoms. The molecule has 0 fully saturated rings. The second kappa shape index (κ2) is 10.4. The van der Waals surface area contributed by atoms with Gasteiger partial charge in [0.2, 0.25) is 5.82 Å². The average molecular weight is 213 g/mol. The first-order chi connectivity index (χ1) is 7.13. The van der Waals surface area contributed by atoms with Gasteiger partial charge in [0.05, 0.1) is 4.92 Å². The van der Waals surface area contributed by atoms with Crippen molar-refractivity contribution in [3.8, 4) is 0 Å².